The Morgan fingerprint density at radius 3 is 2.48 bits per heavy atom. The number of benzene rings is 1. The van der Waals surface area contributed by atoms with Crippen molar-refractivity contribution in [1.29, 1.82) is 0 Å². The number of ether oxygens (including phenoxy) is 2. The molecule has 31 heavy (non-hydrogen) atoms. The maximum atomic E-state index is 12.6. The number of aromatic nitrogens is 1. The van der Waals surface area contributed by atoms with Crippen molar-refractivity contribution in [2.45, 2.75) is 50.2 Å². The van der Waals surface area contributed by atoms with E-state index in [9.17, 15) is 18.0 Å². The van der Waals surface area contributed by atoms with Gasteiger partial charge in [0, 0.05) is 32.0 Å². The quantitative estimate of drug-likeness (QED) is 0.753. The molecule has 2 heterocycles. The number of nitrogens with zero attached hydrogens (tertiary/aromatic N) is 1. The molecule has 2 aromatic rings. The number of carbonyl (C=O) groups excluding carboxylic acids is 1. The van der Waals surface area contributed by atoms with Crippen molar-refractivity contribution in [1.82, 2.24) is 9.88 Å². The molecule has 1 aliphatic rings. The monoisotopic (exact) mass is 448 g/mol. The van der Waals surface area contributed by atoms with Crippen LogP contribution in [0.25, 0.3) is 11.1 Å². The molecule has 1 aromatic carbocycles. The van der Waals surface area contributed by atoms with Gasteiger partial charge in [-0.15, -0.1) is 0 Å². The minimum Gasteiger partial charge on any atom is -0.489 e. The van der Waals surface area contributed by atoms with Crippen LogP contribution in [0.3, 0.4) is 0 Å². The van der Waals surface area contributed by atoms with Crippen molar-refractivity contribution in [2.75, 3.05) is 19.3 Å². The van der Waals surface area contributed by atoms with E-state index in [1.807, 2.05) is 13.8 Å². The zero-order valence-electron chi connectivity index (χ0n) is 18.0. The summed E-state index contributed by atoms with van der Waals surface area (Å²) in [7, 11) is -3.33. The molecule has 0 spiro atoms. The molecule has 0 bridgehead atoms. The van der Waals surface area contributed by atoms with Gasteiger partial charge in [0.2, 0.25) is 0 Å². The summed E-state index contributed by atoms with van der Waals surface area (Å²) in [5.74, 6) is 0.430. The number of amides is 1. The Bertz CT molecular complexity index is 1080. The van der Waals surface area contributed by atoms with Gasteiger partial charge in [-0.2, -0.15) is 0 Å². The highest BCUT2D eigenvalue weighted by Crippen LogP contribution is 2.29. The van der Waals surface area contributed by atoms with E-state index < -0.39 is 9.84 Å². The zero-order valence-corrected chi connectivity index (χ0v) is 18.8. The lowest BCUT2D eigenvalue weighted by atomic mass is 10.1. The summed E-state index contributed by atoms with van der Waals surface area (Å²) >= 11 is 0. The predicted octanol–water partition coefficient (Wildman–Crippen LogP) is 3.22. The molecule has 1 amide bonds. The van der Waals surface area contributed by atoms with Crippen LogP contribution in [0.2, 0.25) is 0 Å². The van der Waals surface area contributed by atoms with Gasteiger partial charge >= 0.3 is 6.09 Å². The number of hydrogen-bond acceptors (Lipinski definition) is 6. The van der Waals surface area contributed by atoms with Crippen LogP contribution in [-0.4, -0.2) is 55.9 Å². The van der Waals surface area contributed by atoms with Crippen LogP contribution in [0, 0.1) is 0 Å². The average Bonchev–Trinajstić information content (AvgIpc) is 2.93. The lowest BCUT2D eigenvalue weighted by Crippen LogP contribution is -2.34. The van der Waals surface area contributed by atoms with Crippen LogP contribution < -0.4 is 10.3 Å². The van der Waals surface area contributed by atoms with Crippen LogP contribution in [0.5, 0.6) is 5.75 Å². The molecule has 1 N–H and O–H groups in total. The van der Waals surface area contributed by atoms with Crippen molar-refractivity contribution in [2.24, 2.45) is 0 Å². The molecule has 8 nitrogen and oxygen atoms in total. The molecule has 9 heteroatoms. The minimum atomic E-state index is -3.33. The number of carbonyl (C=O) groups is 1. The highest BCUT2D eigenvalue weighted by molar-refractivity contribution is 7.90. The zero-order chi connectivity index (χ0) is 22.6. The fourth-order valence-electron chi connectivity index (χ4n) is 3.52. The van der Waals surface area contributed by atoms with E-state index in [0.717, 1.165) is 19.1 Å². The van der Waals surface area contributed by atoms with Gasteiger partial charge in [-0.05, 0) is 50.5 Å². The highest BCUT2D eigenvalue weighted by Gasteiger charge is 2.24. The molecule has 1 atom stereocenters. The molecule has 0 radical (unpaired) electrons. The number of rotatable bonds is 5. The standard InChI is InChI=1S/C22H28N2O6S/c1-15(2)29-22(26)24-13-4-5-17(11-14-24)30-19-10-12-23-21(25)20(19)16-6-8-18(9-7-16)31(3,27)28/h6-10,12,15,17H,4-5,11,13-14H2,1-3H3,(H,23,25). The van der Waals surface area contributed by atoms with Crippen molar-refractivity contribution in [3.63, 3.8) is 0 Å². The van der Waals surface area contributed by atoms with E-state index in [1.54, 1.807) is 23.1 Å². The number of H-pyrrole nitrogens is 1. The number of nitrogens with one attached hydrogen (secondary N) is 1. The molecule has 0 saturated carbocycles. The SMILES string of the molecule is CC(C)OC(=O)N1CCCC(Oc2cc[nH]c(=O)c2-c2ccc(S(C)(=O)=O)cc2)CC1. The van der Waals surface area contributed by atoms with Gasteiger partial charge in [0.1, 0.15) is 11.9 Å². The third-order valence-electron chi connectivity index (χ3n) is 5.06. The third-order valence-corrected chi connectivity index (χ3v) is 6.19. The molecule has 0 aliphatic carbocycles. The largest absolute Gasteiger partial charge is 0.489 e. The Morgan fingerprint density at radius 1 is 1.13 bits per heavy atom. The van der Waals surface area contributed by atoms with Crippen LogP contribution in [0.4, 0.5) is 4.79 Å². The third kappa shape index (κ3) is 5.88. The first-order valence-corrected chi connectivity index (χ1v) is 12.2. The van der Waals surface area contributed by atoms with Gasteiger partial charge in [-0.3, -0.25) is 4.79 Å². The summed E-state index contributed by atoms with van der Waals surface area (Å²) in [6.07, 6.45) is 4.13. The van der Waals surface area contributed by atoms with Crippen LogP contribution in [0.1, 0.15) is 33.1 Å². The van der Waals surface area contributed by atoms with E-state index in [4.69, 9.17) is 9.47 Å². The molecule has 1 saturated heterocycles. The second-order valence-electron chi connectivity index (χ2n) is 7.93. The minimum absolute atomic E-state index is 0.160. The second-order valence-corrected chi connectivity index (χ2v) is 9.95. The van der Waals surface area contributed by atoms with Crippen molar-refractivity contribution < 1.29 is 22.7 Å². The average molecular weight is 449 g/mol. The first-order chi connectivity index (χ1) is 14.6. The molecule has 3 rings (SSSR count). The lowest BCUT2D eigenvalue weighted by Gasteiger charge is -2.22. The Balaban J connectivity index is 1.78. The summed E-state index contributed by atoms with van der Waals surface area (Å²) in [6, 6.07) is 7.85. The molecular formula is C22H28N2O6S. The van der Waals surface area contributed by atoms with E-state index in [2.05, 4.69) is 4.98 Å². The van der Waals surface area contributed by atoms with E-state index in [0.29, 0.717) is 36.4 Å². The van der Waals surface area contributed by atoms with E-state index in [1.165, 1.54) is 18.3 Å². The number of sulfone groups is 1. The number of likely N-dealkylation sites (tertiary alicyclic amines) is 1. The smallest absolute Gasteiger partial charge is 0.410 e. The van der Waals surface area contributed by atoms with Crippen LogP contribution in [0.15, 0.2) is 46.2 Å². The maximum absolute atomic E-state index is 12.6. The molecular weight excluding hydrogens is 420 g/mol. The fourth-order valence-corrected chi connectivity index (χ4v) is 4.15. The summed E-state index contributed by atoms with van der Waals surface area (Å²) in [4.78, 5) is 29.3. The molecule has 1 aliphatic heterocycles. The van der Waals surface area contributed by atoms with Crippen molar-refractivity contribution in [3.8, 4) is 16.9 Å². The normalized spacial score (nSPS) is 17.3. The van der Waals surface area contributed by atoms with E-state index >= 15 is 0 Å². The lowest BCUT2D eigenvalue weighted by molar-refractivity contribution is 0.0767. The summed E-state index contributed by atoms with van der Waals surface area (Å²) < 4.78 is 34.9. The Kier molecular flexibility index (Phi) is 7.04. The first-order valence-electron chi connectivity index (χ1n) is 10.3. The van der Waals surface area contributed by atoms with Crippen molar-refractivity contribution >= 4 is 15.9 Å². The Hall–Kier alpha value is -2.81. The van der Waals surface area contributed by atoms with Crippen LogP contribution in [-0.2, 0) is 14.6 Å². The summed E-state index contributed by atoms with van der Waals surface area (Å²) in [6.45, 7) is 4.75. The maximum Gasteiger partial charge on any atom is 0.410 e. The predicted molar refractivity (Wildman–Crippen MR) is 117 cm³/mol. The second kappa shape index (κ2) is 9.55. The van der Waals surface area contributed by atoms with Crippen LogP contribution >= 0.6 is 0 Å². The molecule has 168 valence electrons. The summed E-state index contributed by atoms with van der Waals surface area (Å²) in [5, 5.41) is 0. The fraction of sp³-hybridized carbons (Fsp3) is 0.455. The molecule has 1 unspecified atom stereocenters. The van der Waals surface area contributed by atoms with Gasteiger partial charge in [0.05, 0.1) is 16.6 Å². The van der Waals surface area contributed by atoms with Gasteiger partial charge < -0.3 is 19.4 Å². The molecule has 1 aromatic heterocycles. The summed E-state index contributed by atoms with van der Waals surface area (Å²) in [5.41, 5.74) is 0.600. The topological polar surface area (TPSA) is 106 Å². The number of aromatic amines is 1. The van der Waals surface area contributed by atoms with E-state index in [-0.39, 0.29) is 28.8 Å². The first kappa shape index (κ1) is 22.9. The molecule has 1 fully saturated rings. The Labute approximate surface area is 182 Å². The highest BCUT2D eigenvalue weighted by atomic mass is 32.2. The Morgan fingerprint density at radius 2 is 1.84 bits per heavy atom. The number of pyridine rings is 1. The number of hydrogen-bond donors (Lipinski definition) is 1. The van der Waals surface area contributed by atoms with Gasteiger partial charge in [0.25, 0.3) is 5.56 Å². The van der Waals surface area contributed by atoms with Gasteiger partial charge in [-0.25, -0.2) is 13.2 Å². The van der Waals surface area contributed by atoms with Crippen molar-refractivity contribution in [3.05, 3.63) is 46.9 Å². The van der Waals surface area contributed by atoms with Gasteiger partial charge in [0.15, 0.2) is 9.84 Å². The van der Waals surface area contributed by atoms with Gasteiger partial charge in [-0.1, -0.05) is 12.1 Å².